The zero-order valence-corrected chi connectivity index (χ0v) is 11.7. The van der Waals surface area contributed by atoms with Crippen LogP contribution in [0.15, 0.2) is 0 Å². The summed E-state index contributed by atoms with van der Waals surface area (Å²) in [5.41, 5.74) is -0.714. The van der Waals surface area contributed by atoms with Gasteiger partial charge in [0.25, 0.3) is 0 Å². The van der Waals surface area contributed by atoms with Gasteiger partial charge in [0.1, 0.15) is 6.61 Å². The van der Waals surface area contributed by atoms with Crippen molar-refractivity contribution in [3.05, 3.63) is 0 Å². The van der Waals surface area contributed by atoms with E-state index < -0.39 is 15.6 Å². The van der Waals surface area contributed by atoms with Gasteiger partial charge in [0.2, 0.25) is 15.9 Å². The van der Waals surface area contributed by atoms with Gasteiger partial charge in [-0.2, -0.15) is 0 Å². The standard InChI is InChI=1S/C10H22N2O4S/c1-5-6-16-7-9(13)11-8-10(2,3)12-17(4,14)15/h12H,5-8H2,1-4H3,(H,11,13). The lowest BCUT2D eigenvalue weighted by Gasteiger charge is -2.25. The van der Waals surface area contributed by atoms with Crippen LogP contribution in [0.2, 0.25) is 0 Å². The molecule has 6 nitrogen and oxygen atoms in total. The van der Waals surface area contributed by atoms with Crippen molar-refractivity contribution in [3.8, 4) is 0 Å². The fourth-order valence-electron chi connectivity index (χ4n) is 1.22. The van der Waals surface area contributed by atoms with Gasteiger partial charge < -0.3 is 10.1 Å². The molecule has 0 heterocycles. The highest BCUT2D eigenvalue weighted by atomic mass is 32.2. The maximum Gasteiger partial charge on any atom is 0.246 e. The third-order valence-corrected chi connectivity index (χ3v) is 2.69. The highest BCUT2D eigenvalue weighted by Crippen LogP contribution is 2.01. The Bertz CT molecular complexity index is 338. The number of carbonyl (C=O) groups excluding carboxylic acids is 1. The molecule has 2 N–H and O–H groups in total. The summed E-state index contributed by atoms with van der Waals surface area (Å²) >= 11 is 0. The van der Waals surface area contributed by atoms with Crippen LogP contribution in [0.25, 0.3) is 0 Å². The Morgan fingerprint density at radius 2 is 1.94 bits per heavy atom. The van der Waals surface area contributed by atoms with Crippen molar-refractivity contribution < 1.29 is 17.9 Å². The second-order valence-electron chi connectivity index (χ2n) is 4.59. The van der Waals surface area contributed by atoms with Gasteiger partial charge in [0.05, 0.1) is 6.26 Å². The van der Waals surface area contributed by atoms with Crippen molar-refractivity contribution in [2.45, 2.75) is 32.7 Å². The van der Waals surface area contributed by atoms with Crippen molar-refractivity contribution in [1.29, 1.82) is 0 Å². The summed E-state index contributed by atoms with van der Waals surface area (Å²) in [5, 5.41) is 2.61. The van der Waals surface area contributed by atoms with E-state index in [1.807, 2.05) is 6.92 Å². The molecular weight excluding hydrogens is 244 g/mol. The molecule has 0 saturated carbocycles. The van der Waals surface area contributed by atoms with Crippen LogP contribution in [0.3, 0.4) is 0 Å². The first-order valence-electron chi connectivity index (χ1n) is 5.49. The molecule has 0 aromatic heterocycles. The number of sulfonamides is 1. The Kier molecular flexibility index (Phi) is 6.66. The van der Waals surface area contributed by atoms with Crippen LogP contribution in [-0.4, -0.2) is 45.9 Å². The Labute approximate surface area is 103 Å². The number of carbonyl (C=O) groups is 1. The smallest absolute Gasteiger partial charge is 0.246 e. The van der Waals surface area contributed by atoms with Gasteiger partial charge in [0, 0.05) is 18.7 Å². The van der Waals surface area contributed by atoms with Gasteiger partial charge in [-0.1, -0.05) is 6.92 Å². The van der Waals surface area contributed by atoms with Crippen molar-refractivity contribution >= 4 is 15.9 Å². The van der Waals surface area contributed by atoms with Crippen LogP contribution < -0.4 is 10.0 Å². The van der Waals surface area contributed by atoms with Crippen LogP contribution in [0, 0.1) is 0 Å². The first kappa shape index (κ1) is 16.3. The van der Waals surface area contributed by atoms with Crippen LogP contribution in [0.1, 0.15) is 27.2 Å². The van der Waals surface area contributed by atoms with Crippen molar-refractivity contribution in [2.75, 3.05) is 26.0 Å². The molecule has 0 aromatic carbocycles. The molecule has 7 heteroatoms. The molecule has 0 fully saturated rings. The fourth-order valence-corrected chi connectivity index (χ4v) is 2.29. The molecule has 17 heavy (non-hydrogen) atoms. The number of ether oxygens (including phenoxy) is 1. The average Bonchev–Trinajstić information content (AvgIpc) is 2.12. The second kappa shape index (κ2) is 6.93. The molecule has 102 valence electrons. The molecular formula is C10H22N2O4S. The molecule has 0 spiro atoms. The Morgan fingerprint density at radius 1 is 1.35 bits per heavy atom. The molecule has 0 saturated heterocycles. The zero-order valence-electron chi connectivity index (χ0n) is 10.9. The van der Waals surface area contributed by atoms with Crippen LogP contribution in [-0.2, 0) is 19.6 Å². The minimum Gasteiger partial charge on any atom is -0.372 e. The maximum atomic E-state index is 11.3. The van der Waals surface area contributed by atoms with Crippen molar-refractivity contribution in [2.24, 2.45) is 0 Å². The number of hydrogen-bond donors (Lipinski definition) is 2. The van der Waals surface area contributed by atoms with Crippen LogP contribution >= 0.6 is 0 Å². The fraction of sp³-hybridized carbons (Fsp3) is 0.900. The number of rotatable bonds is 8. The molecule has 0 atom stereocenters. The number of nitrogens with one attached hydrogen (secondary N) is 2. The van der Waals surface area contributed by atoms with Gasteiger partial charge in [0.15, 0.2) is 0 Å². The van der Waals surface area contributed by atoms with E-state index in [0.29, 0.717) is 6.61 Å². The largest absolute Gasteiger partial charge is 0.372 e. The monoisotopic (exact) mass is 266 g/mol. The van der Waals surface area contributed by atoms with Gasteiger partial charge in [-0.25, -0.2) is 13.1 Å². The molecule has 0 radical (unpaired) electrons. The molecule has 0 rings (SSSR count). The molecule has 0 aromatic rings. The molecule has 0 unspecified atom stereocenters. The average molecular weight is 266 g/mol. The van der Waals surface area contributed by atoms with E-state index in [-0.39, 0.29) is 19.1 Å². The highest BCUT2D eigenvalue weighted by Gasteiger charge is 2.22. The van der Waals surface area contributed by atoms with E-state index in [1.54, 1.807) is 13.8 Å². The lowest BCUT2D eigenvalue weighted by atomic mass is 10.1. The second-order valence-corrected chi connectivity index (χ2v) is 6.34. The summed E-state index contributed by atoms with van der Waals surface area (Å²) < 4.78 is 29.6. The number of amides is 1. The summed E-state index contributed by atoms with van der Waals surface area (Å²) in [6.45, 7) is 6.11. The first-order valence-corrected chi connectivity index (χ1v) is 7.39. The summed E-state index contributed by atoms with van der Waals surface area (Å²) in [6.07, 6.45) is 1.94. The van der Waals surface area contributed by atoms with Gasteiger partial charge in [-0.3, -0.25) is 4.79 Å². The van der Waals surface area contributed by atoms with E-state index in [0.717, 1.165) is 12.7 Å². The summed E-state index contributed by atoms with van der Waals surface area (Å²) in [5.74, 6) is -0.248. The topological polar surface area (TPSA) is 84.5 Å². The van der Waals surface area contributed by atoms with Crippen LogP contribution in [0.4, 0.5) is 0 Å². The SMILES string of the molecule is CCCOCC(=O)NCC(C)(C)NS(C)(=O)=O. The van der Waals surface area contributed by atoms with E-state index in [2.05, 4.69) is 10.0 Å². The Morgan fingerprint density at radius 3 is 2.41 bits per heavy atom. The van der Waals surface area contributed by atoms with Gasteiger partial charge in [-0.15, -0.1) is 0 Å². The molecule has 0 aliphatic heterocycles. The predicted molar refractivity (Wildman–Crippen MR) is 66.2 cm³/mol. The normalized spacial score (nSPS) is 12.5. The lowest BCUT2D eigenvalue weighted by Crippen LogP contribution is -2.51. The predicted octanol–water partition coefficient (Wildman–Crippen LogP) is -0.143. The molecule has 0 aliphatic carbocycles. The summed E-state index contributed by atoms with van der Waals surface area (Å²) in [7, 11) is -3.28. The number of hydrogen-bond acceptors (Lipinski definition) is 4. The van der Waals surface area contributed by atoms with Gasteiger partial charge in [-0.05, 0) is 20.3 Å². The van der Waals surface area contributed by atoms with E-state index in [1.165, 1.54) is 0 Å². The van der Waals surface area contributed by atoms with E-state index in [9.17, 15) is 13.2 Å². The summed E-state index contributed by atoms with van der Waals surface area (Å²) in [4.78, 5) is 11.3. The zero-order chi connectivity index (χ0) is 13.5. The molecule has 1 amide bonds. The minimum atomic E-state index is -3.28. The van der Waals surface area contributed by atoms with Crippen LogP contribution in [0.5, 0.6) is 0 Å². The minimum absolute atomic E-state index is 0.00277. The highest BCUT2D eigenvalue weighted by molar-refractivity contribution is 7.88. The Hall–Kier alpha value is -0.660. The quantitative estimate of drug-likeness (QED) is 0.599. The Balaban J connectivity index is 3.97. The summed E-state index contributed by atoms with van der Waals surface area (Å²) in [6, 6.07) is 0. The van der Waals surface area contributed by atoms with Crippen molar-refractivity contribution in [1.82, 2.24) is 10.0 Å². The van der Waals surface area contributed by atoms with Crippen molar-refractivity contribution in [3.63, 3.8) is 0 Å². The molecule has 0 aliphatic rings. The lowest BCUT2D eigenvalue weighted by molar-refractivity contribution is -0.125. The van der Waals surface area contributed by atoms with E-state index >= 15 is 0 Å². The third-order valence-electron chi connectivity index (χ3n) is 1.77. The maximum absolute atomic E-state index is 11.3. The van der Waals surface area contributed by atoms with E-state index in [4.69, 9.17) is 4.74 Å². The third kappa shape index (κ3) is 10.2. The first-order chi connectivity index (χ1) is 7.66. The molecule has 0 bridgehead atoms. The van der Waals surface area contributed by atoms with Gasteiger partial charge >= 0.3 is 0 Å².